The second-order valence-corrected chi connectivity index (χ2v) is 4.29. The molecule has 1 N–H and O–H groups in total. The predicted molar refractivity (Wildman–Crippen MR) is 74.7 cm³/mol. The molecule has 1 atom stereocenters. The van der Waals surface area contributed by atoms with Crippen molar-refractivity contribution in [2.24, 2.45) is 0 Å². The molecule has 1 aromatic heterocycles. The molecular weight excluding hydrogens is 224 g/mol. The minimum absolute atomic E-state index is 0.300. The maximum absolute atomic E-state index is 5.41. The third kappa shape index (κ3) is 3.06. The molecule has 1 unspecified atom stereocenters. The molecule has 2 aromatic rings. The Balaban J connectivity index is 2.17. The number of fused-ring (bicyclic) bond motifs is 1. The summed E-state index contributed by atoms with van der Waals surface area (Å²) in [7, 11) is 1.98. The average Bonchev–Trinajstić information content (AvgIpc) is 2.43. The fourth-order valence-electron chi connectivity index (χ4n) is 2.10. The standard InChI is InChI=1S/C15H20N2O/c1-3-18-9-8-14(16-2)13-10-12-6-4-5-7-15(12)17-11-13/h4-7,10-11,14,16H,3,8-9H2,1-2H3. The zero-order chi connectivity index (χ0) is 12.8. The van der Waals surface area contributed by atoms with Gasteiger partial charge < -0.3 is 10.1 Å². The lowest BCUT2D eigenvalue weighted by Gasteiger charge is -2.16. The van der Waals surface area contributed by atoms with Crippen molar-refractivity contribution < 1.29 is 4.74 Å². The number of aromatic nitrogens is 1. The highest BCUT2D eigenvalue weighted by Gasteiger charge is 2.09. The third-order valence-corrected chi connectivity index (χ3v) is 3.12. The Morgan fingerprint density at radius 3 is 2.94 bits per heavy atom. The zero-order valence-electron chi connectivity index (χ0n) is 11.0. The molecule has 1 aromatic carbocycles. The maximum atomic E-state index is 5.41. The van der Waals surface area contributed by atoms with E-state index >= 15 is 0 Å². The topological polar surface area (TPSA) is 34.1 Å². The molecule has 0 amide bonds. The van der Waals surface area contributed by atoms with E-state index in [1.807, 2.05) is 38.4 Å². The number of nitrogens with one attached hydrogen (secondary N) is 1. The molecule has 0 bridgehead atoms. The van der Waals surface area contributed by atoms with E-state index in [0.29, 0.717) is 6.04 Å². The monoisotopic (exact) mass is 244 g/mol. The minimum atomic E-state index is 0.300. The lowest BCUT2D eigenvalue weighted by Crippen LogP contribution is -2.18. The van der Waals surface area contributed by atoms with Crippen LogP contribution in [0.2, 0.25) is 0 Å². The van der Waals surface area contributed by atoms with E-state index in [4.69, 9.17) is 4.74 Å². The predicted octanol–water partition coefficient (Wildman–Crippen LogP) is 2.92. The largest absolute Gasteiger partial charge is 0.382 e. The smallest absolute Gasteiger partial charge is 0.0702 e. The summed E-state index contributed by atoms with van der Waals surface area (Å²) in [6, 6.07) is 10.7. The van der Waals surface area contributed by atoms with Crippen LogP contribution in [0.4, 0.5) is 0 Å². The number of nitrogens with zero attached hydrogens (tertiary/aromatic N) is 1. The second kappa shape index (κ2) is 6.47. The van der Waals surface area contributed by atoms with Crippen molar-refractivity contribution in [1.82, 2.24) is 10.3 Å². The molecule has 0 saturated heterocycles. The van der Waals surface area contributed by atoms with E-state index in [0.717, 1.165) is 25.2 Å². The van der Waals surface area contributed by atoms with Crippen LogP contribution in [0.3, 0.4) is 0 Å². The van der Waals surface area contributed by atoms with Gasteiger partial charge in [-0.25, -0.2) is 0 Å². The van der Waals surface area contributed by atoms with Crippen LogP contribution < -0.4 is 5.32 Å². The van der Waals surface area contributed by atoms with Gasteiger partial charge in [-0.05, 0) is 38.1 Å². The highest BCUT2D eigenvalue weighted by atomic mass is 16.5. The van der Waals surface area contributed by atoms with Crippen LogP contribution in [0, 0.1) is 0 Å². The summed E-state index contributed by atoms with van der Waals surface area (Å²) in [5, 5.41) is 4.51. The first-order valence-corrected chi connectivity index (χ1v) is 6.45. The van der Waals surface area contributed by atoms with Crippen molar-refractivity contribution in [3.05, 3.63) is 42.1 Å². The zero-order valence-corrected chi connectivity index (χ0v) is 11.0. The van der Waals surface area contributed by atoms with Crippen LogP contribution in [0.1, 0.15) is 24.9 Å². The van der Waals surface area contributed by atoms with Crippen LogP contribution in [0.15, 0.2) is 36.5 Å². The van der Waals surface area contributed by atoms with Crippen LogP contribution in [-0.4, -0.2) is 25.2 Å². The van der Waals surface area contributed by atoms with Gasteiger partial charge in [0, 0.05) is 30.8 Å². The van der Waals surface area contributed by atoms with Crippen molar-refractivity contribution in [3.63, 3.8) is 0 Å². The number of rotatable bonds is 6. The summed E-state index contributed by atoms with van der Waals surface area (Å²) >= 11 is 0. The van der Waals surface area contributed by atoms with Gasteiger partial charge in [-0.15, -0.1) is 0 Å². The number of ether oxygens (including phenoxy) is 1. The van der Waals surface area contributed by atoms with Crippen molar-refractivity contribution in [2.75, 3.05) is 20.3 Å². The molecule has 1 heterocycles. The molecule has 0 aliphatic carbocycles. The van der Waals surface area contributed by atoms with Gasteiger partial charge in [-0.3, -0.25) is 4.98 Å². The van der Waals surface area contributed by atoms with Gasteiger partial charge in [0.05, 0.1) is 5.52 Å². The van der Waals surface area contributed by atoms with E-state index in [-0.39, 0.29) is 0 Å². The van der Waals surface area contributed by atoms with Gasteiger partial charge in [-0.1, -0.05) is 18.2 Å². The molecular formula is C15H20N2O. The summed E-state index contributed by atoms with van der Waals surface area (Å²) in [4.78, 5) is 4.50. The van der Waals surface area contributed by atoms with E-state index < -0.39 is 0 Å². The Kier molecular flexibility index (Phi) is 4.67. The second-order valence-electron chi connectivity index (χ2n) is 4.29. The SMILES string of the molecule is CCOCCC(NC)c1cnc2ccccc2c1. The molecule has 0 aliphatic rings. The Labute approximate surface area is 108 Å². The van der Waals surface area contributed by atoms with E-state index in [9.17, 15) is 0 Å². The summed E-state index contributed by atoms with van der Waals surface area (Å²) in [6.07, 6.45) is 2.92. The molecule has 3 heteroatoms. The molecule has 0 radical (unpaired) electrons. The Morgan fingerprint density at radius 2 is 2.17 bits per heavy atom. The fraction of sp³-hybridized carbons (Fsp3) is 0.400. The van der Waals surface area contributed by atoms with Crippen LogP contribution >= 0.6 is 0 Å². The first-order valence-electron chi connectivity index (χ1n) is 6.45. The number of hydrogen-bond donors (Lipinski definition) is 1. The molecule has 0 saturated carbocycles. The Morgan fingerprint density at radius 1 is 1.33 bits per heavy atom. The lowest BCUT2D eigenvalue weighted by atomic mass is 10.0. The molecule has 0 spiro atoms. The quantitative estimate of drug-likeness (QED) is 0.793. The fourth-order valence-corrected chi connectivity index (χ4v) is 2.10. The van der Waals surface area contributed by atoms with Gasteiger partial charge >= 0.3 is 0 Å². The van der Waals surface area contributed by atoms with Crippen LogP contribution in [-0.2, 0) is 4.74 Å². The van der Waals surface area contributed by atoms with E-state index in [2.05, 4.69) is 22.4 Å². The molecule has 0 fully saturated rings. The minimum Gasteiger partial charge on any atom is -0.382 e. The number of pyridine rings is 1. The molecule has 2 rings (SSSR count). The normalized spacial score (nSPS) is 12.8. The highest BCUT2D eigenvalue weighted by molar-refractivity contribution is 5.78. The van der Waals surface area contributed by atoms with E-state index in [1.165, 1.54) is 10.9 Å². The molecule has 96 valence electrons. The summed E-state index contributed by atoms with van der Waals surface area (Å²) < 4.78 is 5.41. The maximum Gasteiger partial charge on any atom is 0.0702 e. The Bertz CT molecular complexity index is 499. The Hall–Kier alpha value is -1.45. The lowest BCUT2D eigenvalue weighted by molar-refractivity contribution is 0.137. The van der Waals surface area contributed by atoms with Crippen molar-refractivity contribution >= 4 is 10.9 Å². The molecule has 18 heavy (non-hydrogen) atoms. The van der Waals surface area contributed by atoms with Crippen LogP contribution in [0.5, 0.6) is 0 Å². The summed E-state index contributed by atoms with van der Waals surface area (Å²) in [5.41, 5.74) is 2.26. The van der Waals surface area contributed by atoms with Gasteiger partial charge in [0.2, 0.25) is 0 Å². The van der Waals surface area contributed by atoms with Crippen molar-refractivity contribution in [2.45, 2.75) is 19.4 Å². The van der Waals surface area contributed by atoms with Gasteiger partial charge in [0.1, 0.15) is 0 Å². The van der Waals surface area contributed by atoms with E-state index in [1.54, 1.807) is 0 Å². The molecule has 0 aliphatic heterocycles. The first-order chi connectivity index (χ1) is 8.85. The van der Waals surface area contributed by atoms with Gasteiger partial charge in [0.25, 0.3) is 0 Å². The summed E-state index contributed by atoms with van der Waals surface area (Å²) in [5.74, 6) is 0. The number of hydrogen-bond acceptors (Lipinski definition) is 3. The van der Waals surface area contributed by atoms with Crippen LogP contribution in [0.25, 0.3) is 10.9 Å². The number of benzene rings is 1. The van der Waals surface area contributed by atoms with Crippen molar-refractivity contribution in [3.8, 4) is 0 Å². The number of para-hydroxylation sites is 1. The molecule has 3 nitrogen and oxygen atoms in total. The third-order valence-electron chi connectivity index (χ3n) is 3.12. The first kappa shape index (κ1) is 13.0. The van der Waals surface area contributed by atoms with Gasteiger partial charge in [0.15, 0.2) is 0 Å². The average molecular weight is 244 g/mol. The van der Waals surface area contributed by atoms with Crippen molar-refractivity contribution in [1.29, 1.82) is 0 Å². The van der Waals surface area contributed by atoms with Gasteiger partial charge in [-0.2, -0.15) is 0 Å². The summed E-state index contributed by atoms with van der Waals surface area (Å²) in [6.45, 7) is 3.56. The highest BCUT2D eigenvalue weighted by Crippen LogP contribution is 2.20.